The Hall–Kier alpha value is -0.570. The summed E-state index contributed by atoms with van der Waals surface area (Å²) in [5.41, 5.74) is 5.89. The standard InChI is InChI=1S/C16H32N2O/c1-13(16(2,3)4)12-15(19)18(11-10-17)14-8-6-5-7-9-14/h13-14H,5-12,17H2,1-4H3. The lowest BCUT2D eigenvalue weighted by atomic mass is 9.79. The summed E-state index contributed by atoms with van der Waals surface area (Å²) < 4.78 is 0. The van der Waals surface area contributed by atoms with Crippen LogP contribution in [0.5, 0.6) is 0 Å². The first kappa shape index (κ1) is 16.5. The van der Waals surface area contributed by atoms with E-state index < -0.39 is 0 Å². The number of hydrogen-bond acceptors (Lipinski definition) is 2. The van der Waals surface area contributed by atoms with E-state index in [1.54, 1.807) is 0 Å². The van der Waals surface area contributed by atoms with Gasteiger partial charge in [0.05, 0.1) is 0 Å². The van der Waals surface area contributed by atoms with Crippen molar-refractivity contribution in [1.82, 2.24) is 4.90 Å². The molecule has 19 heavy (non-hydrogen) atoms. The Morgan fingerprint density at radius 2 is 1.84 bits per heavy atom. The molecule has 1 unspecified atom stereocenters. The monoisotopic (exact) mass is 268 g/mol. The maximum atomic E-state index is 12.6. The SMILES string of the molecule is CC(CC(=O)N(CCN)C1CCCCC1)C(C)(C)C. The van der Waals surface area contributed by atoms with E-state index in [-0.39, 0.29) is 5.41 Å². The zero-order valence-corrected chi connectivity index (χ0v) is 13.2. The van der Waals surface area contributed by atoms with Gasteiger partial charge in [-0.05, 0) is 24.2 Å². The number of carbonyl (C=O) groups is 1. The Morgan fingerprint density at radius 1 is 1.26 bits per heavy atom. The molecule has 0 saturated heterocycles. The highest BCUT2D eigenvalue weighted by molar-refractivity contribution is 5.76. The number of nitrogens with two attached hydrogens (primary N) is 1. The first-order valence-electron chi connectivity index (χ1n) is 7.85. The van der Waals surface area contributed by atoms with Gasteiger partial charge in [0.1, 0.15) is 0 Å². The molecule has 2 N–H and O–H groups in total. The summed E-state index contributed by atoms with van der Waals surface area (Å²) in [5.74, 6) is 0.712. The molecule has 3 heteroatoms. The van der Waals surface area contributed by atoms with Crippen molar-refractivity contribution in [3.63, 3.8) is 0 Å². The number of amides is 1. The molecule has 0 aliphatic heterocycles. The van der Waals surface area contributed by atoms with Crippen LogP contribution in [-0.4, -0.2) is 29.9 Å². The van der Waals surface area contributed by atoms with Crippen molar-refractivity contribution >= 4 is 5.91 Å². The Bertz CT molecular complexity index is 277. The summed E-state index contributed by atoms with van der Waals surface area (Å²) in [6.45, 7) is 10.1. The fraction of sp³-hybridized carbons (Fsp3) is 0.938. The minimum Gasteiger partial charge on any atom is -0.338 e. The van der Waals surface area contributed by atoms with E-state index in [0.29, 0.717) is 30.8 Å². The first-order chi connectivity index (χ1) is 8.86. The van der Waals surface area contributed by atoms with Crippen LogP contribution >= 0.6 is 0 Å². The largest absolute Gasteiger partial charge is 0.338 e. The molecule has 0 bridgehead atoms. The van der Waals surface area contributed by atoms with Crippen LogP contribution in [0.2, 0.25) is 0 Å². The maximum Gasteiger partial charge on any atom is 0.223 e. The van der Waals surface area contributed by atoms with Crippen molar-refractivity contribution in [1.29, 1.82) is 0 Å². The first-order valence-corrected chi connectivity index (χ1v) is 7.85. The fourth-order valence-corrected chi connectivity index (χ4v) is 2.73. The molecule has 0 spiro atoms. The van der Waals surface area contributed by atoms with E-state index in [1.165, 1.54) is 19.3 Å². The van der Waals surface area contributed by atoms with Gasteiger partial charge in [0.15, 0.2) is 0 Å². The van der Waals surface area contributed by atoms with E-state index in [9.17, 15) is 4.79 Å². The average Bonchev–Trinajstić information content (AvgIpc) is 2.35. The molecular formula is C16H32N2O. The highest BCUT2D eigenvalue weighted by Gasteiger charge is 2.28. The van der Waals surface area contributed by atoms with Gasteiger partial charge in [-0.1, -0.05) is 47.0 Å². The predicted molar refractivity (Wildman–Crippen MR) is 80.9 cm³/mol. The molecule has 1 aliphatic carbocycles. The Morgan fingerprint density at radius 3 is 2.32 bits per heavy atom. The van der Waals surface area contributed by atoms with Gasteiger partial charge in [0.2, 0.25) is 5.91 Å². The molecule has 0 aromatic heterocycles. The second kappa shape index (κ2) is 7.28. The summed E-state index contributed by atoms with van der Waals surface area (Å²) in [6.07, 6.45) is 6.81. The van der Waals surface area contributed by atoms with E-state index >= 15 is 0 Å². The Balaban J connectivity index is 2.61. The van der Waals surface area contributed by atoms with Crippen molar-refractivity contribution in [2.45, 2.75) is 72.3 Å². The summed E-state index contributed by atoms with van der Waals surface area (Å²) in [7, 11) is 0. The van der Waals surface area contributed by atoms with Crippen LogP contribution in [0.15, 0.2) is 0 Å². The van der Waals surface area contributed by atoms with Gasteiger partial charge in [-0.15, -0.1) is 0 Å². The molecule has 1 amide bonds. The van der Waals surface area contributed by atoms with Crippen LogP contribution < -0.4 is 5.73 Å². The zero-order chi connectivity index (χ0) is 14.5. The molecule has 0 radical (unpaired) electrons. The smallest absolute Gasteiger partial charge is 0.223 e. The summed E-state index contributed by atoms with van der Waals surface area (Å²) in [6, 6.07) is 0.442. The molecule has 0 aromatic carbocycles. The highest BCUT2D eigenvalue weighted by Crippen LogP contribution is 2.30. The van der Waals surface area contributed by atoms with Gasteiger partial charge in [0, 0.05) is 25.6 Å². The Kier molecular flexibility index (Phi) is 6.31. The number of rotatable bonds is 5. The average molecular weight is 268 g/mol. The molecule has 1 saturated carbocycles. The maximum absolute atomic E-state index is 12.6. The summed E-state index contributed by atoms with van der Waals surface area (Å²) in [5, 5.41) is 0. The minimum atomic E-state index is 0.191. The lowest BCUT2D eigenvalue weighted by molar-refractivity contribution is -0.135. The van der Waals surface area contributed by atoms with Gasteiger partial charge < -0.3 is 10.6 Å². The topological polar surface area (TPSA) is 46.3 Å². The molecule has 0 aromatic rings. The molecule has 0 heterocycles. The van der Waals surface area contributed by atoms with E-state index in [4.69, 9.17) is 5.73 Å². The third kappa shape index (κ3) is 5.13. The van der Waals surface area contributed by atoms with Gasteiger partial charge in [-0.25, -0.2) is 0 Å². The minimum absolute atomic E-state index is 0.191. The number of nitrogens with zero attached hydrogens (tertiary/aromatic N) is 1. The van der Waals surface area contributed by atoms with Crippen LogP contribution in [0.3, 0.4) is 0 Å². The Labute approximate surface area is 118 Å². The molecule has 1 fully saturated rings. The highest BCUT2D eigenvalue weighted by atomic mass is 16.2. The van der Waals surface area contributed by atoms with Gasteiger partial charge >= 0.3 is 0 Å². The fourth-order valence-electron chi connectivity index (χ4n) is 2.73. The van der Waals surface area contributed by atoms with Crippen LogP contribution in [0, 0.1) is 11.3 Å². The van der Waals surface area contributed by atoms with Gasteiger partial charge in [-0.3, -0.25) is 4.79 Å². The van der Waals surface area contributed by atoms with Gasteiger partial charge in [0.25, 0.3) is 0 Å². The number of carbonyl (C=O) groups excluding carboxylic acids is 1. The number of hydrogen-bond donors (Lipinski definition) is 1. The molecule has 3 nitrogen and oxygen atoms in total. The normalized spacial score (nSPS) is 19.2. The van der Waals surface area contributed by atoms with Crippen molar-refractivity contribution in [3.05, 3.63) is 0 Å². The van der Waals surface area contributed by atoms with E-state index in [2.05, 4.69) is 32.6 Å². The second-order valence-electron chi connectivity index (χ2n) is 7.14. The lowest BCUT2D eigenvalue weighted by Crippen LogP contribution is -2.45. The molecule has 1 rings (SSSR count). The quantitative estimate of drug-likeness (QED) is 0.832. The zero-order valence-electron chi connectivity index (χ0n) is 13.2. The van der Waals surface area contributed by atoms with E-state index in [1.807, 2.05) is 0 Å². The molecule has 112 valence electrons. The van der Waals surface area contributed by atoms with Crippen LogP contribution in [0.1, 0.15) is 66.2 Å². The molecular weight excluding hydrogens is 236 g/mol. The molecule has 1 atom stereocenters. The molecule has 1 aliphatic rings. The van der Waals surface area contributed by atoms with Crippen LogP contribution in [-0.2, 0) is 4.79 Å². The lowest BCUT2D eigenvalue weighted by Gasteiger charge is -2.36. The third-order valence-corrected chi connectivity index (χ3v) is 4.67. The summed E-state index contributed by atoms with van der Waals surface area (Å²) >= 11 is 0. The van der Waals surface area contributed by atoms with Crippen LogP contribution in [0.4, 0.5) is 0 Å². The third-order valence-electron chi connectivity index (χ3n) is 4.67. The van der Waals surface area contributed by atoms with Crippen LogP contribution in [0.25, 0.3) is 0 Å². The predicted octanol–water partition coefficient (Wildman–Crippen LogP) is 3.18. The second-order valence-corrected chi connectivity index (χ2v) is 7.14. The van der Waals surface area contributed by atoms with Crippen molar-refractivity contribution in [2.24, 2.45) is 17.1 Å². The van der Waals surface area contributed by atoms with Crippen molar-refractivity contribution < 1.29 is 4.79 Å². The van der Waals surface area contributed by atoms with Crippen molar-refractivity contribution in [2.75, 3.05) is 13.1 Å². The van der Waals surface area contributed by atoms with Crippen molar-refractivity contribution in [3.8, 4) is 0 Å². The van der Waals surface area contributed by atoms with E-state index in [0.717, 1.165) is 19.4 Å². The summed E-state index contributed by atoms with van der Waals surface area (Å²) in [4.78, 5) is 14.6. The van der Waals surface area contributed by atoms with Gasteiger partial charge in [-0.2, -0.15) is 0 Å².